The zero-order chi connectivity index (χ0) is 34.9. The highest BCUT2D eigenvalue weighted by Gasteiger charge is 2.36. The van der Waals surface area contributed by atoms with E-state index in [1.54, 1.807) is 49.5 Å². The Hall–Kier alpha value is -1.98. The Morgan fingerprint density at radius 1 is 0.780 bits per heavy atom. The van der Waals surface area contributed by atoms with Gasteiger partial charge in [-0.3, -0.25) is 13.6 Å². The number of fused-ring (bicyclic) bond motifs is 1. The van der Waals surface area contributed by atoms with Crippen LogP contribution >= 0.6 is 51.0 Å². The topological polar surface area (TPSA) is 142 Å². The van der Waals surface area contributed by atoms with Gasteiger partial charge in [0.1, 0.15) is 0 Å². The number of aromatic nitrogens is 4. The molecule has 0 atom stereocenters. The fraction of sp³-hybridized carbons (Fsp3) is 0.485. The third-order valence-electron chi connectivity index (χ3n) is 7.52. The average Bonchev–Trinajstić information content (AvgIpc) is 3.53. The summed E-state index contributed by atoms with van der Waals surface area (Å²) in [6.45, 7) is 3.27. The van der Waals surface area contributed by atoms with Gasteiger partial charge in [0.05, 0.1) is 59.7 Å². The van der Waals surface area contributed by atoms with Crippen LogP contribution in [0.5, 0.6) is 5.88 Å². The molecule has 1 aliphatic carbocycles. The van der Waals surface area contributed by atoms with Crippen LogP contribution in [0, 0.1) is 5.92 Å². The average molecular weight is 782 g/mol. The molecule has 1 aliphatic rings. The molecule has 0 unspecified atom stereocenters. The summed E-state index contributed by atoms with van der Waals surface area (Å²) in [5.41, 5.74) is 9.40. The number of phosphoric acid groups is 1. The molecule has 0 bridgehead atoms. The highest BCUT2D eigenvalue weighted by Crippen LogP contribution is 2.52. The van der Waals surface area contributed by atoms with Gasteiger partial charge < -0.3 is 24.5 Å². The number of methoxy groups -OCH3 is 1. The van der Waals surface area contributed by atoms with E-state index in [4.69, 9.17) is 33.5 Å². The molecule has 2 aromatic carbocycles. The lowest BCUT2D eigenvalue weighted by Gasteiger charge is -2.36. The molecule has 2 N–H and O–H groups in total. The van der Waals surface area contributed by atoms with Crippen molar-refractivity contribution in [2.45, 2.75) is 32.1 Å². The first-order valence-electron chi connectivity index (χ1n) is 16.3. The van der Waals surface area contributed by atoms with Crippen molar-refractivity contribution >= 4 is 68.1 Å². The summed E-state index contributed by atoms with van der Waals surface area (Å²) in [5.74, 6) is 3.63. The van der Waals surface area contributed by atoms with E-state index < -0.39 is 7.82 Å². The van der Waals surface area contributed by atoms with Gasteiger partial charge in [-0.25, -0.2) is 9.55 Å². The highest BCUT2D eigenvalue weighted by molar-refractivity contribution is 8.77. The zero-order valence-corrected chi connectivity index (χ0v) is 32.2. The Labute approximate surface area is 309 Å². The molecule has 0 aliphatic heterocycles. The third-order valence-corrected chi connectivity index (χ3v) is 13.6. The minimum atomic E-state index is -3.76. The molecule has 12 nitrogen and oxygen atoms in total. The second-order valence-corrected chi connectivity index (χ2v) is 18.3. The molecule has 0 amide bonds. The lowest BCUT2D eigenvalue weighted by molar-refractivity contribution is 0.0732. The Balaban J connectivity index is 1.00. The van der Waals surface area contributed by atoms with E-state index in [0.29, 0.717) is 55.0 Å². The summed E-state index contributed by atoms with van der Waals surface area (Å²) < 4.78 is 49.9. The van der Waals surface area contributed by atoms with Gasteiger partial charge in [0, 0.05) is 29.1 Å². The van der Waals surface area contributed by atoms with Gasteiger partial charge >= 0.3 is 7.82 Å². The SMILES string of the molecule is COc1nc(N)nc2c1ncn2C1CC(COP(=O)(OCCSSCCOCc2ccccc2)OCCSSCCOCc2ccccc2)C1. The minimum absolute atomic E-state index is 0.131. The van der Waals surface area contributed by atoms with E-state index in [1.807, 2.05) is 41.0 Å². The van der Waals surface area contributed by atoms with Crippen molar-refractivity contribution in [3.63, 3.8) is 0 Å². The van der Waals surface area contributed by atoms with Crippen molar-refractivity contribution in [3.05, 3.63) is 78.1 Å². The van der Waals surface area contributed by atoms with E-state index in [0.717, 1.165) is 35.5 Å². The van der Waals surface area contributed by atoms with Crippen molar-refractivity contribution in [2.24, 2.45) is 5.92 Å². The van der Waals surface area contributed by atoms with Gasteiger partial charge in [-0.05, 0) is 29.9 Å². The highest BCUT2D eigenvalue weighted by atomic mass is 33.1. The summed E-state index contributed by atoms with van der Waals surface area (Å²) in [4.78, 5) is 12.9. The van der Waals surface area contributed by atoms with Crippen LogP contribution in [0.15, 0.2) is 67.0 Å². The van der Waals surface area contributed by atoms with Crippen LogP contribution in [-0.2, 0) is 40.8 Å². The molecule has 1 saturated carbocycles. The van der Waals surface area contributed by atoms with Crippen LogP contribution in [0.4, 0.5) is 5.95 Å². The molecule has 2 aromatic heterocycles. The molecule has 1 fully saturated rings. The lowest BCUT2D eigenvalue weighted by atomic mass is 9.81. The first kappa shape index (κ1) is 39.2. The first-order chi connectivity index (χ1) is 24.5. The molecule has 2 heterocycles. The van der Waals surface area contributed by atoms with Crippen molar-refractivity contribution in [1.29, 1.82) is 0 Å². The second kappa shape index (κ2) is 21.5. The normalized spacial score (nSPS) is 16.1. The number of hydrogen-bond donors (Lipinski definition) is 1. The van der Waals surface area contributed by atoms with E-state index in [1.165, 1.54) is 7.11 Å². The molecule has 0 saturated heterocycles. The van der Waals surface area contributed by atoms with Gasteiger partial charge in [-0.2, -0.15) is 9.97 Å². The van der Waals surface area contributed by atoms with Gasteiger partial charge in [-0.15, -0.1) is 0 Å². The molecule has 272 valence electrons. The number of nitrogens with two attached hydrogens (primary N) is 1. The summed E-state index contributed by atoms with van der Waals surface area (Å²) >= 11 is 0. The molecular formula is C33H44N5O7PS4. The molecule has 17 heteroatoms. The summed E-state index contributed by atoms with van der Waals surface area (Å²) in [6, 6.07) is 20.4. The standard InChI is InChI=1S/C33H44N5O7PS4/c1-40-32-30-31(36-33(34)37-32)38(25-35-30)29-20-28(21-29)24-45-46(39,43-14-18-49-47-16-12-41-22-26-8-4-2-5-9-26)44-15-19-50-48-17-13-42-23-27-10-6-3-7-11-27/h2-11,25,28-29H,12-24H2,1H3,(H2,34,36,37). The largest absolute Gasteiger partial charge is 0.479 e. The quantitative estimate of drug-likeness (QED) is 0.0398. The maximum atomic E-state index is 13.7. The summed E-state index contributed by atoms with van der Waals surface area (Å²) in [5, 5.41) is 0. The maximum Gasteiger partial charge on any atom is 0.474 e. The monoisotopic (exact) mass is 781 g/mol. The van der Waals surface area contributed by atoms with Gasteiger partial charge in [0.15, 0.2) is 11.2 Å². The fourth-order valence-electron chi connectivity index (χ4n) is 5.00. The van der Waals surface area contributed by atoms with Crippen LogP contribution in [-0.4, -0.2) is 82.7 Å². The number of rotatable bonds is 25. The third kappa shape index (κ3) is 12.9. The van der Waals surface area contributed by atoms with E-state index in [9.17, 15) is 4.57 Å². The Bertz CT molecular complexity index is 1540. The van der Waals surface area contributed by atoms with Crippen LogP contribution in [0.25, 0.3) is 11.2 Å². The predicted octanol–water partition coefficient (Wildman–Crippen LogP) is 7.72. The first-order valence-corrected chi connectivity index (χ1v) is 22.8. The second-order valence-electron chi connectivity index (χ2n) is 11.2. The van der Waals surface area contributed by atoms with Gasteiger partial charge in [0.25, 0.3) is 0 Å². The minimum Gasteiger partial charge on any atom is -0.479 e. The van der Waals surface area contributed by atoms with Gasteiger partial charge in [-0.1, -0.05) is 104 Å². The van der Waals surface area contributed by atoms with Crippen LogP contribution in [0.2, 0.25) is 0 Å². The predicted molar refractivity (Wildman–Crippen MR) is 206 cm³/mol. The van der Waals surface area contributed by atoms with Crippen molar-refractivity contribution < 1.29 is 32.3 Å². The molecule has 5 rings (SSSR count). The molecule has 0 spiro atoms. The van der Waals surface area contributed by atoms with Crippen LogP contribution < -0.4 is 10.5 Å². The number of ether oxygens (including phenoxy) is 3. The van der Waals surface area contributed by atoms with Crippen molar-refractivity contribution in [2.75, 3.05) is 68.9 Å². The van der Waals surface area contributed by atoms with Crippen molar-refractivity contribution in [1.82, 2.24) is 19.5 Å². The summed E-state index contributed by atoms with van der Waals surface area (Å²) in [6.07, 6.45) is 3.33. The lowest BCUT2D eigenvalue weighted by Crippen LogP contribution is -2.29. The Kier molecular flexibility index (Phi) is 16.9. The Morgan fingerprint density at radius 2 is 1.32 bits per heavy atom. The maximum absolute atomic E-state index is 13.7. The smallest absolute Gasteiger partial charge is 0.474 e. The van der Waals surface area contributed by atoms with Crippen LogP contribution in [0.3, 0.4) is 0 Å². The fourth-order valence-corrected chi connectivity index (χ4v) is 9.88. The molecule has 0 radical (unpaired) electrons. The zero-order valence-electron chi connectivity index (χ0n) is 28.0. The number of hydrogen-bond acceptors (Lipinski definition) is 15. The van der Waals surface area contributed by atoms with Gasteiger partial charge in [0.2, 0.25) is 11.8 Å². The number of nitrogens with zero attached hydrogens (tertiary/aromatic N) is 4. The number of phosphoric ester groups is 1. The summed E-state index contributed by atoms with van der Waals surface area (Å²) in [7, 11) is 4.46. The number of imidazole rings is 1. The van der Waals surface area contributed by atoms with Crippen LogP contribution in [0.1, 0.15) is 30.0 Å². The number of anilines is 1. The van der Waals surface area contributed by atoms with E-state index >= 15 is 0 Å². The number of benzene rings is 2. The Morgan fingerprint density at radius 3 is 1.86 bits per heavy atom. The molecule has 50 heavy (non-hydrogen) atoms. The van der Waals surface area contributed by atoms with E-state index in [-0.39, 0.29) is 37.7 Å². The molecular weight excluding hydrogens is 738 g/mol. The van der Waals surface area contributed by atoms with E-state index in [2.05, 4.69) is 39.2 Å². The van der Waals surface area contributed by atoms with Crippen molar-refractivity contribution in [3.8, 4) is 5.88 Å². The molecule has 4 aromatic rings. The number of nitrogen functional groups attached to an aromatic ring is 1.